The summed E-state index contributed by atoms with van der Waals surface area (Å²) in [6.07, 6.45) is 12.4. The predicted molar refractivity (Wildman–Crippen MR) is 139 cm³/mol. The average Bonchev–Trinajstić information content (AvgIpc) is 2.88. The highest BCUT2D eigenvalue weighted by Crippen LogP contribution is 2.15. The van der Waals surface area contributed by atoms with Crippen LogP contribution in [0.25, 0.3) is 0 Å². The Morgan fingerprint density at radius 3 is 1.97 bits per heavy atom. The van der Waals surface area contributed by atoms with E-state index in [1.807, 2.05) is 0 Å². The topological polar surface area (TPSA) is 86.7 Å². The number of rotatable bonds is 16. The van der Waals surface area contributed by atoms with Crippen molar-refractivity contribution < 1.29 is 23.9 Å². The van der Waals surface area contributed by atoms with E-state index in [1.165, 1.54) is 69.6 Å². The molecule has 0 saturated carbocycles. The summed E-state index contributed by atoms with van der Waals surface area (Å²) in [6, 6.07) is 12.6. The van der Waals surface area contributed by atoms with Crippen molar-refractivity contribution >= 4 is 17.8 Å². The van der Waals surface area contributed by atoms with E-state index < -0.39 is 17.7 Å². The van der Waals surface area contributed by atoms with Crippen LogP contribution in [0, 0.1) is 5.82 Å². The highest BCUT2D eigenvalue weighted by molar-refractivity contribution is 6.31. The van der Waals surface area contributed by atoms with Gasteiger partial charge in [0.1, 0.15) is 5.82 Å². The molecular weight excluding hydrogens is 459 g/mol. The number of benzene rings is 2. The maximum absolute atomic E-state index is 14.0. The third-order valence-electron chi connectivity index (χ3n) is 6.19. The fourth-order valence-corrected chi connectivity index (χ4v) is 4.07. The van der Waals surface area contributed by atoms with Gasteiger partial charge in [-0.05, 0) is 30.2 Å². The van der Waals surface area contributed by atoms with Crippen molar-refractivity contribution in [1.29, 1.82) is 0 Å². The number of amides is 2. The van der Waals surface area contributed by atoms with Crippen LogP contribution in [0.15, 0.2) is 48.5 Å². The first-order chi connectivity index (χ1) is 17.4. The Balaban J connectivity index is 1.76. The summed E-state index contributed by atoms with van der Waals surface area (Å²) < 4.78 is 14.0. The predicted octanol–water partition coefficient (Wildman–Crippen LogP) is 6.09. The first-order valence-electron chi connectivity index (χ1n) is 13.0. The SMILES string of the molecule is CCCCCCCCCCCCNC(=O)c1ccc(CN(Cc2ccccc2F)C(=O)C(=O)O)cc1. The van der Waals surface area contributed by atoms with Crippen LogP contribution >= 0.6 is 0 Å². The third-order valence-corrected chi connectivity index (χ3v) is 6.19. The lowest BCUT2D eigenvalue weighted by Gasteiger charge is -2.21. The van der Waals surface area contributed by atoms with E-state index >= 15 is 0 Å². The van der Waals surface area contributed by atoms with Crippen LogP contribution < -0.4 is 5.32 Å². The molecule has 0 radical (unpaired) electrons. The number of aliphatic carboxylic acids is 1. The van der Waals surface area contributed by atoms with Gasteiger partial charge < -0.3 is 15.3 Å². The summed E-state index contributed by atoms with van der Waals surface area (Å²) in [7, 11) is 0. The lowest BCUT2D eigenvalue weighted by molar-refractivity contribution is -0.156. The van der Waals surface area contributed by atoms with Crippen LogP contribution in [0.5, 0.6) is 0 Å². The minimum atomic E-state index is -1.60. The van der Waals surface area contributed by atoms with Gasteiger partial charge in [-0.1, -0.05) is 95.0 Å². The smallest absolute Gasteiger partial charge is 0.394 e. The van der Waals surface area contributed by atoms with E-state index in [-0.39, 0.29) is 24.6 Å². The van der Waals surface area contributed by atoms with Gasteiger partial charge in [0.05, 0.1) is 0 Å². The molecule has 2 aromatic carbocycles. The number of carbonyl (C=O) groups excluding carboxylic acids is 2. The molecule has 2 rings (SSSR count). The summed E-state index contributed by atoms with van der Waals surface area (Å²) >= 11 is 0. The van der Waals surface area contributed by atoms with Crippen LogP contribution in [0.1, 0.15) is 92.6 Å². The van der Waals surface area contributed by atoms with Crippen molar-refractivity contribution in [3.8, 4) is 0 Å². The number of nitrogens with zero attached hydrogens (tertiary/aromatic N) is 1. The van der Waals surface area contributed by atoms with E-state index in [0.717, 1.165) is 17.7 Å². The number of nitrogens with one attached hydrogen (secondary N) is 1. The molecule has 196 valence electrons. The first-order valence-corrected chi connectivity index (χ1v) is 13.0. The van der Waals surface area contributed by atoms with Gasteiger partial charge in [-0.25, -0.2) is 9.18 Å². The van der Waals surface area contributed by atoms with Gasteiger partial charge in [-0.2, -0.15) is 0 Å². The van der Waals surface area contributed by atoms with Gasteiger partial charge in [0.25, 0.3) is 5.91 Å². The lowest BCUT2D eigenvalue weighted by Crippen LogP contribution is -2.35. The van der Waals surface area contributed by atoms with Crippen molar-refractivity contribution in [1.82, 2.24) is 10.2 Å². The highest BCUT2D eigenvalue weighted by atomic mass is 19.1. The summed E-state index contributed by atoms with van der Waals surface area (Å²) in [5, 5.41) is 12.1. The van der Waals surface area contributed by atoms with E-state index in [4.69, 9.17) is 5.11 Å². The minimum Gasteiger partial charge on any atom is -0.474 e. The van der Waals surface area contributed by atoms with Crippen molar-refractivity contribution in [3.63, 3.8) is 0 Å². The fraction of sp³-hybridized carbons (Fsp3) is 0.483. The maximum atomic E-state index is 14.0. The largest absolute Gasteiger partial charge is 0.474 e. The molecule has 6 nitrogen and oxygen atoms in total. The molecule has 0 bridgehead atoms. The molecule has 2 N–H and O–H groups in total. The molecule has 0 fully saturated rings. The van der Waals surface area contributed by atoms with Gasteiger partial charge in [-0.15, -0.1) is 0 Å². The van der Waals surface area contributed by atoms with Crippen molar-refractivity contribution in [2.75, 3.05) is 6.54 Å². The fourth-order valence-electron chi connectivity index (χ4n) is 4.07. The van der Waals surface area contributed by atoms with Crippen molar-refractivity contribution in [2.24, 2.45) is 0 Å². The number of hydrogen-bond donors (Lipinski definition) is 2. The Kier molecular flexibility index (Phi) is 13.3. The molecule has 0 aliphatic rings. The van der Waals surface area contributed by atoms with Crippen molar-refractivity contribution in [3.05, 3.63) is 71.0 Å². The Hall–Kier alpha value is -3.22. The lowest BCUT2D eigenvalue weighted by atomic mass is 10.1. The van der Waals surface area contributed by atoms with E-state index in [0.29, 0.717) is 17.7 Å². The summed E-state index contributed by atoms with van der Waals surface area (Å²) in [5.74, 6) is -3.39. The monoisotopic (exact) mass is 498 g/mol. The van der Waals surface area contributed by atoms with Gasteiger partial charge in [0, 0.05) is 30.8 Å². The highest BCUT2D eigenvalue weighted by Gasteiger charge is 2.22. The first kappa shape index (κ1) is 29.0. The second-order valence-corrected chi connectivity index (χ2v) is 9.19. The molecule has 0 aliphatic heterocycles. The van der Waals surface area contributed by atoms with Crippen molar-refractivity contribution in [2.45, 2.75) is 84.2 Å². The van der Waals surface area contributed by atoms with Crippen LogP contribution in [-0.4, -0.2) is 34.3 Å². The van der Waals surface area contributed by atoms with Gasteiger partial charge >= 0.3 is 11.9 Å². The maximum Gasteiger partial charge on any atom is 0.394 e. The third kappa shape index (κ3) is 10.6. The molecule has 0 unspecified atom stereocenters. The minimum absolute atomic E-state index is 0.0139. The number of unbranched alkanes of at least 4 members (excludes halogenated alkanes) is 9. The number of carboxylic acid groups (broad SMARTS) is 1. The normalized spacial score (nSPS) is 10.7. The molecule has 0 aromatic heterocycles. The quantitative estimate of drug-likeness (QED) is 0.217. The number of carbonyl (C=O) groups is 3. The standard InChI is InChI=1S/C29H39FN2O4/c1-2-3-4-5-6-7-8-9-10-13-20-31-27(33)24-18-16-23(17-19-24)21-32(28(34)29(35)36)22-25-14-11-12-15-26(25)30/h11-12,14-19H,2-10,13,20-22H2,1H3,(H,31,33)(H,35,36). The van der Waals surface area contributed by atoms with Crippen LogP contribution in [0.2, 0.25) is 0 Å². The Morgan fingerprint density at radius 1 is 0.806 bits per heavy atom. The molecule has 7 heteroatoms. The van der Waals surface area contributed by atoms with Crippen LogP contribution in [-0.2, 0) is 22.7 Å². The summed E-state index contributed by atoms with van der Waals surface area (Å²) in [6.45, 7) is 2.67. The van der Waals surface area contributed by atoms with E-state index in [9.17, 15) is 18.8 Å². The molecule has 0 atom stereocenters. The second kappa shape index (κ2) is 16.5. The average molecular weight is 499 g/mol. The van der Waals surface area contributed by atoms with Gasteiger partial charge in [0.2, 0.25) is 0 Å². The van der Waals surface area contributed by atoms with E-state index in [2.05, 4.69) is 12.2 Å². The molecule has 0 aliphatic carbocycles. The molecule has 0 spiro atoms. The summed E-state index contributed by atoms with van der Waals surface area (Å²) in [4.78, 5) is 36.9. The molecule has 0 heterocycles. The Labute approximate surface area is 213 Å². The number of carboxylic acids is 1. The summed E-state index contributed by atoms with van der Waals surface area (Å²) in [5.41, 5.74) is 1.37. The van der Waals surface area contributed by atoms with E-state index in [1.54, 1.807) is 30.3 Å². The van der Waals surface area contributed by atoms with Crippen LogP contribution in [0.3, 0.4) is 0 Å². The second-order valence-electron chi connectivity index (χ2n) is 9.19. The zero-order valence-corrected chi connectivity index (χ0v) is 21.3. The Morgan fingerprint density at radius 2 is 1.39 bits per heavy atom. The molecular formula is C29H39FN2O4. The zero-order valence-electron chi connectivity index (χ0n) is 21.3. The van der Waals surface area contributed by atoms with Gasteiger partial charge in [0.15, 0.2) is 0 Å². The number of halogens is 1. The molecule has 2 amide bonds. The zero-order chi connectivity index (χ0) is 26.2. The molecule has 2 aromatic rings. The molecule has 0 saturated heterocycles. The molecule has 36 heavy (non-hydrogen) atoms. The van der Waals surface area contributed by atoms with Gasteiger partial charge in [-0.3, -0.25) is 9.59 Å². The Bertz CT molecular complexity index is 962. The number of hydrogen-bond acceptors (Lipinski definition) is 3. The van der Waals surface area contributed by atoms with Crippen LogP contribution in [0.4, 0.5) is 4.39 Å².